The predicted molar refractivity (Wildman–Crippen MR) is 104 cm³/mol. The molecule has 0 bridgehead atoms. The molecule has 8 nitrogen and oxygen atoms in total. The molecule has 0 atom stereocenters. The molecule has 0 fully saturated rings. The molecule has 1 aliphatic heterocycles. The number of hydrogen-bond acceptors (Lipinski definition) is 5. The van der Waals surface area contributed by atoms with Crippen LogP contribution in [0.25, 0.3) is 11.2 Å². The van der Waals surface area contributed by atoms with Crippen LogP contribution in [-0.2, 0) is 25.4 Å². The van der Waals surface area contributed by atoms with Crippen molar-refractivity contribution in [3.8, 4) is 0 Å². The van der Waals surface area contributed by atoms with Gasteiger partial charge in [-0.15, -0.1) is 11.8 Å². The number of nitrogens with zero attached hydrogens (tertiary/aromatic N) is 5. The normalized spacial score (nSPS) is 14.2. The van der Waals surface area contributed by atoms with Crippen molar-refractivity contribution in [1.82, 2.24) is 18.7 Å². The van der Waals surface area contributed by atoms with E-state index in [9.17, 15) is 14.4 Å². The molecule has 0 spiro atoms. The van der Waals surface area contributed by atoms with Gasteiger partial charge in [-0.1, -0.05) is 12.1 Å². The molecule has 27 heavy (non-hydrogen) atoms. The summed E-state index contributed by atoms with van der Waals surface area (Å²) in [6.45, 7) is 0.620. The molecule has 140 valence electrons. The van der Waals surface area contributed by atoms with Crippen molar-refractivity contribution in [2.45, 2.75) is 17.9 Å². The summed E-state index contributed by atoms with van der Waals surface area (Å²) in [5.74, 6) is 0.845. The van der Waals surface area contributed by atoms with E-state index in [-0.39, 0.29) is 23.6 Å². The van der Waals surface area contributed by atoms with Crippen LogP contribution in [0.3, 0.4) is 0 Å². The van der Waals surface area contributed by atoms with Crippen LogP contribution in [0.15, 0.2) is 45.1 Å². The first-order chi connectivity index (χ1) is 13.0. The van der Waals surface area contributed by atoms with Gasteiger partial charge in [0, 0.05) is 25.5 Å². The Morgan fingerprint density at radius 2 is 1.96 bits per heavy atom. The molecule has 3 heterocycles. The van der Waals surface area contributed by atoms with E-state index in [1.54, 1.807) is 23.7 Å². The van der Waals surface area contributed by atoms with Crippen molar-refractivity contribution < 1.29 is 4.79 Å². The molecular formula is C18H19N5O3S. The summed E-state index contributed by atoms with van der Waals surface area (Å²) in [4.78, 5) is 44.7. The first-order valence-electron chi connectivity index (χ1n) is 8.62. The predicted octanol–water partition coefficient (Wildman–Crippen LogP) is 0.963. The Kier molecular flexibility index (Phi) is 4.39. The van der Waals surface area contributed by atoms with Crippen LogP contribution in [-0.4, -0.2) is 36.9 Å². The highest BCUT2D eigenvalue weighted by Crippen LogP contribution is 2.33. The molecule has 4 rings (SSSR count). The molecule has 0 radical (unpaired) electrons. The Morgan fingerprint density at radius 1 is 1.19 bits per heavy atom. The fraction of sp³-hybridized carbons (Fsp3) is 0.333. The lowest BCUT2D eigenvalue weighted by Gasteiger charge is -2.22. The molecule has 2 aromatic heterocycles. The zero-order valence-corrected chi connectivity index (χ0v) is 15.9. The van der Waals surface area contributed by atoms with Gasteiger partial charge in [-0.2, -0.15) is 0 Å². The van der Waals surface area contributed by atoms with Gasteiger partial charge < -0.3 is 9.47 Å². The van der Waals surface area contributed by atoms with Crippen molar-refractivity contribution in [2.75, 3.05) is 17.2 Å². The highest BCUT2D eigenvalue weighted by molar-refractivity contribution is 7.99. The molecule has 0 saturated heterocycles. The molecule has 9 heteroatoms. The topological polar surface area (TPSA) is 82.1 Å². The third-order valence-electron chi connectivity index (χ3n) is 4.76. The van der Waals surface area contributed by atoms with E-state index in [0.29, 0.717) is 6.54 Å². The third-order valence-corrected chi connectivity index (χ3v) is 5.91. The Morgan fingerprint density at radius 3 is 2.78 bits per heavy atom. The van der Waals surface area contributed by atoms with E-state index >= 15 is 0 Å². The number of carbonyl (C=O) groups is 1. The maximum Gasteiger partial charge on any atom is 0.332 e. The highest BCUT2D eigenvalue weighted by atomic mass is 32.2. The maximum absolute atomic E-state index is 13.1. The Bertz CT molecular complexity index is 1160. The zero-order valence-electron chi connectivity index (χ0n) is 15.1. The molecule has 0 aliphatic carbocycles. The van der Waals surface area contributed by atoms with Gasteiger partial charge in [0.25, 0.3) is 5.56 Å². The summed E-state index contributed by atoms with van der Waals surface area (Å²) in [7, 11) is 2.98. The Hall–Kier alpha value is -2.81. The lowest BCUT2D eigenvalue weighted by atomic mass is 10.2. The minimum absolute atomic E-state index is 0.0110. The summed E-state index contributed by atoms with van der Waals surface area (Å²) in [6, 6.07) is 7.85. The monoisotopic (exact) mass is 385 g/mol. The number of thioether (sulfide) groups is 1. The number of aromatic nitrogens is 4. The fourth-order valence-corrected chi connectivity index (χ4v) is 4.33. The number of fused-ring (bicyclic) bond motifs is 2. The Balaban J connectivity index is 1.74. The van der Waals surface area contributed by atoms with Crippen LogP contribution in [0.1, 0.15) is 6.42 Å². The lowest BCUT2D eigenvalue weighted by Crippen LogP contribution is -2.38. The molecular weight excluding hydrogens is 366 g/mol. The van der Waals surface area contributed by atoms with Gasteiger partial charge in [0.2, 0.25) is 5.91 Å². The van der Waals surface area contributed by atoms with Gasteiger partial charge in [-0.3, -0.25) is 18.7 Å². The van der Waals surface area contributed by atoms with Gasteiger partial charge in [0.15, 0.2) is 11.2 Å². The quantitative estimate of drug-likeness (QED) is 0.656. The minimum Gasteiger partial charge on any atom is -0.315 e. The van der Waals surface area contributed by atoms with E-state index in [4.69, 9.17) is 0 Å². The molecule has 1 aliphatic rings. The second-order valence-corrected chi connectivity index (χ2v) is 7.60. The Labute approximate surface area is 159 Å². The maximum atomic E-state index is 13.1. The number of hydrogen-bond donors (Lipinski definition) is 0. The standard InChI is InChI=1S/C18H19N5O3S/c1-20-16-15(17(25)21(2)18(20)26)22(11-19-16)10-14(24)23-8-5-9-27-13-7-4-3-6-12(13)23/h3-4,6-7,11H,5,8-10H2,1-2H3. The van der Waals surface area contributed by atoms with Crippen LogP contribution in [0.2, 0.25) is 0 Å². The van der Waals surface area contributed by atoms with Gasteiger partial charge >= 0.3 is 5.69 Å². The molecule has 0 N–H and O–H groups in total. The van der Waals surface area contributed by atoms with Crippen molar-refractivity contribution >= 4 is 34.5 Å². The van der Waals surface area contributed by atoms with Crippen molar-refractivity contribution in [3.63, 3.8) is 0 Å². The largest absolute Gasteiger partial charge is 0.332 e. The molecule has 0 saturated carbocycles. The third kappa shape index (κ3) is 2.87. The van der Waals surface area contributed by atoms with Crippen molar-refractivity contribution in [2.24, 2.45) is 14.1 Å². The number of anilines is 1. The van der Waals surface area contributed by atoms with Gasteiger partial charge in [-0.05, 0) is 24.3 Å². The van der Waals surface area contributed by atoms with Gasteiger partial charge in [0.1, 0.15) is 6.54 Å². The lowest BCUT2D eigenvalue weighted by molar-refractivity contribution is -0.119. The second-order valence-electron chi connectivity index (χ2n) is 6.47. The number of benzene rings is 1. The van der Waals surface area contributed by atoms with Gasteiger partial charge in [0.05, 0.1) is 12.0 Å². The fourth-order valence-electron chi connectivity index (χ4n) is 3.33. The van der Waals surface area contributed by atoms with E-state index in [1.807, 2.05) is 24.3 Å². The van der Waals surface area contributed by atoms with Gasteiger partial charge in [-0.25, -0.2) is 9.78 Å². The first kappa shape index (κ1) is 17.6. The zero-order chi connectivity index (χ0) is 19.1. The van der Waals surface area contributed by atoms with Crippen molar-refractivity contribution in [3.05, 3.63) is 51.4 Å². The van der Waals surface area contributed by atoms with Crippen LogP contribution in [0, 0.1) is 0 Å². The minimum atomic E-state index is -0.453. The number of imidazole rings is 1. The highest BCUT2D eigenvalue weighted by Gasteiger charge is 2.23. The molecule has 1 amide bonds. The van der Waals surface area contributed by atoms with Crippen molar-refractivity contribution in [1.29, 1.82) is 0 Å². The molecule has 1 aromatic carbocycles. The summed E-state index contributed by atoms with van der Waals surface area (Å²) in [5, 5.41) is 0. The van der Waals surface area contributed by atoms with E-state index in [2.05, 4.69) is 4.98 Å². The SMILES string of the molecule is Cn1c(=O)c2c(ncn2CC(=O)N2CCCSc3ccccc32)n(C)c1=O. The average molecular weight is 385 g/mol. The number of carbonyl (C=O) groups excluding carboxylic acids is 1. The number of rotatable bonds is 2. The number of para-hydroxylation sites is 1. The van der Waals surface area contributed by atoms with Crippen LogP contribution < -0.4 is 16.1 Å². The second kappa shape index (κ2) is 6.73. The molecule has 3 aromatic rings. The van der Waals surface area contributed by atoms with E-state index < -0.39 is 11.2 Å². The number of aryl methyl sites for hydroxylation is 1. The summed E-state index contributed by atoms with van der Waals surface area (Å²) < 4.78 is 3.87. The van der Waals surface area contributed by atoms with Crippen LogP contribution >= 0.6 is 11.8 Å². The number of amides is 1. The van der Waals surface area contributed by atoms with E-state index in [1.165, 1.54) is 22.5 Å². The van der Waals surface area contributed by atoms with Crippen LogP contribution in [0.5, 0.6) is 0 Å². The molecule has 0 unspecified atom stereocenters. The van der Waals surface area contributed by atoms with E-state index in [0.717, 1.165) is 27.3 Å². The summed E-state index contributed by atoms with van der Waals surface area (Å²) >= 11 is 1.74. The summed E-state index contributed by atoms with van der Waals surface area (Å²) in [5.41, 5.74) is 0.538. The average Bonchev–Trinajstić information content (AvgIpc) is 2.96. The van der Waals surface area contributed by atoms with Crippen LogP contribution in [0.4, 0.5) is 5.69 Å². The first-order valence-corrected chi connectivity index (χ1v) is 9.60. The summed E-state index contributed by atoms with van der Waals surface area (Å²) in [6.07, 6.45) is 2.34. The smallest absolute Gasteiger partial charge is 0.315 e.